The minimum Gasteiger partial charge on any atom is -0.419 e. The molecule has 25 heavy (non-hydrogen) atoms. The van der Waals surface area contributed by atoms with Gasteiger partial charge in [-0.3, -0.25) is 14.6 Å². The van der Waals surface area contributed by atoms with Crippen LogP contribution in [0.5, 0.6) is 0 Å². The van der Waals surface area contributed by atoms with E-state index in [4.69, 9.17) is 4.42 Å². The van der Waals surface area contributed by atoms with Crippen LogP contribution in [-0.2, 0) is 13.1 Å². The largest absolute Gasteiger partial charge is 0.419 e. The fourth-order valence-electron chi connectivity index (χ4n) is 3.41. The van der Waals surface area contributed by atoms with E-state index in [1.165, 1.54) is 19.3 Å². The zero-order valence-electron chi connectivity index (χ0n) is 14.2. The van der Waals surface area contributed by atoms with Gasteiger partial charge in [-0.1, -0.05) is 6.42 Å². The van der Waals surface area contributed by atoms with Crippen molar-refractivity contribution in [1.82, 2.24) is 29.9 Å². The zero-order valence-corrected chi connectivity index (χ0v) is 14.2. The molecule has 1 saturated heterocycles. The van der Waals surface area contributed by atoms with Crippen molar-refractivity contribution in [3.63, 3.8) is 0 Å². The van der Waals surface area contributed by atoms with Gasteiger partial charge in [0.2, 0.25) is 11.8 Å². The molecule has 3 aromatic heterocycles. The topological polar surface area (TPSA) is 72.9 Å². The first-order chi connectivity index (χ1) is 12.4. The van der Waals surface area contributed by atoms with Gasteiger partial charge in [-0.05, 0) is 44.0 Å². The van der Waals surface area contributed by atoms with Gasteiger partial charge in [0.15, 0.2) is 0 Å². The molecule has 0 aromatic carbocycles. The molecule has 7 nitrogen and oxygen atoms in total. The van der Waals surface area contributed by atoms with E-state index in [1.54, 1.807) is 12.4 Å². The predicted molar refractivity (Wildman–Crippen MR) is 92.4 cm³/mol. The highest BCUT2D eigenvalue weighted by atomic mass is 16.4. The highest BCUT2D eigenvalue weighted by molar-refractivity contribution is 5.49. The fourth-order valence-corrected chi connectivity index (χ4v) is 3.41. The molecule has 1 fully saturated rings. The molecule has 0 bridgehead atoms. The molecule has 1 atom stereocenters. The summed E-state index contributed by atoms with van der Waals surface area (Å²) < 4.78 is 7.85. The molecule has 4 heterocycles. The number of hydrogen-bond acceptors (Lipinski definition) is 6. The number of nitrogens with zero attached hydrogens (tertiary/aromatic N) is 6. The lowest BCUT2D eigenvalue weighted by atomic mass is 9.99. The summed E-state index contributed by atoms with van der Waals surface area (Å²) in [4.78, 5) is 6.57. The van der Waals surface area contributed by atoms with Crippen molar-refractivity contribution in [3.8, 4) is 11.5 Å². The molecular weight excluding hydrogens is 316 g/mol. The highest BCUT2D eigenvalue weighted by Crippen LogP contribution is 2.23. The lowest BCUT2D eigenvalue weighted by Crippen LogP contribution is -2.39. The van der Waals surface area contributed by atoms with Gasteiger partial charge in [0.1, 0.15) is 0 Å². The van der Waals surface area contributed by atoms with Crippen LogP contribution < -0.4 is 0 Å². The molecule has 1 unspecified atom stereocenters. The minimum absolute atomic E-state index is 0.534. The maximum Gasteiger partial charge on any atom is 0.249 e. The average Bonchev–Trinajstić information content (AvgIpc) is 3.34. The van der Waals surface area contributed by atoms with E-state index in [1.807, 2.05) is 35.3 Å². The molecule has 0 saturated carbocycles. The van der Waals surface area contributed by atoms with Gasteiger partial charge in [-0.2, -0.15) is 5.10 Å². The maximum absolute atomic E-state index is 5.85. The zero-order chi connectivity index (χ0) is 16.9. The molecule has 130 valence electrons. The van der Waals surface area contributed by atoms with Gasteiger partial charge < -0.3 is 4.42 Å². The van der Waals surface area contributed by atoms with Crippen molar-refractivity contribution in [3.05, 3.63) is 48.9 Å². The number of likely N-dealkylation sites (tertiary alicyclic amines) is 1. The van der Waals surface area contributed by atoms with Gasteiger partial charge in [0.05, 0.1) is 12.1 Å². The minimum atomic E-state index is 0.534. The summed E-state index contributed by atoms with van der Waals surface area (Å²) in [7, 11) is 0. The fraction of sp³-hybridized carbons (Fsp3) is 0.444. The Bertz CT molecular complexity index is 770. The van der Waals surface area contributed by atoms with E-state index in [-0.39, 0.29) is 0 Å². The first kappa shape index (κ1) is 16.0. The lowest BCUT2D eigenvalue weighted by molar-refractivity contribution is 0.116. The van der Waals surface area contributed by atoms with Gasteiger partial charge in [-0.15, -0.1) is 10.2 Å². The molecule has 1 aliphatic rings. The second kappa shape index (κ2) is 7.57. The third-order valence-electron chi connectivity index (χ3n) is 4.71. The molecule has 1 aliphatic heterocycles. The third kappa shape index (κ3) is 3.93. The number of hydrogen-bond donors (Lipinski definition) is 0. The second-order valence-corrected chi connectivity index (χ2v) is 6.42. The summed E-state index contributed by atoms with van der Waals surface area (Å²) in [5.74, 6) is 1.21. The first-order valence-corrected chi connectivity index (χ1v) is 8.83. The molecular formula is C18H22N6O. The molecule has 0 spiro atoms. The van der Waals surface area contributed by atoms with Gasteiger partial charge in [0, 0.05) is 37.4 Å². The van der Waals surface area contributed by atoms with Crippen LogP contribution in [0.2, 0.25) is 0 Å². The molecule has 0 aliphatic carbocycles. The van der Waals surface area contributed by atoms with Crippen molar-refractivity contribution in [1.29, 1.82) is 0 Å². The molecule has 7 heteroatoms. The number of aromatic nitrogens is 5. The van der Waals surface area contributed by atoms with Crippen LogP contribution in [0.1, 0.15) is 31.6 Å². The summed E-state index contributed by atoms with van der Waals surface area (Å²) in [6, 6.07) is 6.30. The maximum atomic E-state index is 5.85. The van der Waals surface area contributed by atoms with Crippen molar-refractivity contribution in [2.45, 2.75) is 44.8 Å². The highest BCUT2D eigenvalue weighted by Gasteiger charge is 2.24. The Morgan fingerprint density at radius 2 is 2.16 bits per heavy atom. The van der Waals surface area contributed by atoms with Crippen molar-refractivity contribution in [2.24, 2.45) is 0 Å². The SMILES string of the molecule is c1cncc(-c2nnc(CN3CCCCC3CCn3cccn3)o2)c1. The van der Waals surface area contributed by atoms with Crippen molar-refractivity contribution >= 4 is 0 Å². The predicted octanol–water partition coefficient (Wildman–Crippen LogP) is 2.77. The Labute approximate surface area is 146 Å². The smallest absolute Gasteiger partial charge is 0.249 e. The van der Waals surface area contributed by atoms with E-state index in [9.17, 15) is 0 Å². The molecule has 0 amide bonds. The Balaban J connectivity index is 1.40. The number of pyridine rings is 1. The van der Waals surface area contributed by atoms with Crippen LogP contribution in [0, 0.1) is 0 Å². The third-order valence-corrected chi connectivity index (χ3v) is 4.71. The van der Waals surface area contributed by atoms with Crippen LogP contribution >= 0.6 is 0 Å². The molecule has 0 radical (unpaired) electrons. The summed E-state index contributed by atoms with van der Waals surface area (Å²) in [6.07, 6.45) is 12.1. The van der Waals surface area contributed by atoms with E-state index in [0.29, 0.717) is 24.4 Å². The first-order valence-electron chi connectivity index (χ1n) is 8.83. The van der Waals surface area contributed by atoms with Crippen molar-refractivity contribution < 1.29 is 4.42 Å². The summed E-state index contributed by atoms with van der Waals surface area (Å²) in [5.41, 5.74) is 0.857. The van der Waals surface area contributed by atoms with Gasteiger partial charge >= 0.3 is 0 Å². The summed E-state index contributed by atoms with van der Waals surface area (Å²) >= 11 is 0. The summed E-state index contributed by atoms with van der Waals surface area (Å²) in [6.45, 7) is 2.73. The van der Waals surface area contributed by atoms with E-state index >= 15 is 0 Å². The Kier molecular flexibility index (Phi) is 4.83. The lowest BCUT2D eigenvalue weighted by Gasteiger charge is -2.34. The van der Waals surface area contributed by atoms with E-state index in [2.05, 4.69) is 25.2 Å². The van der Waals surface area contributed by atoms with Gasteiger partial charge in [-0.25, -0.2) is 0 Å². The van der Waals surface area contributed by atoms with Crippen LogP contribution in [0.15, 0.2) is 47.4 Å². The van der Waals surface area contributed by atoms with Crippen LogP contribution in [0.3, 0.4) is 0 Å². The van der Waals surface area contributed by atoms with Crippen LogP contribution in [0.25, 0.3) is 11.5 Å². The number of piperidine rings is 1. The van der Waals surface area contributed by atoms with Crippen LogP contribution in [0.4, 0.5) is 0 Å². The molecule has 0 N–H and O–H groups in total. The van der Waals surface area contributed by atoms with Crippen molar-refractivity contribution in [2.75, 3.05) is 6.54 Å². The van der Waals surface area contributed by atoms with Crippen LogP contribution in [-0.4, -0.2) is 42.4 Å². The molecule has 3 aromatic rings. The standard InChI is InChI=1S/C18H22N6O/c1-2-10-23(16(6-1)7-12-24-11-4-9-20-24)14-17-21-22-18(25-17)15-5-3-8-19-13-15/h3-5,8-9,11,13,16H,1-2,6-7,10,12,14H2. The number of rotatable bonds is 6. The Morgan fingerprint density at radius 1 is 1.16 bits per heavy atom. The quantitative estimate of drug-likeness (QED) is 0.688. The second-order valence-electron chi connectivity index (χ2n) is 6.42. The van der Waals surface area contributed by atoms with E-state index in [0.717, 1.165) is 25.1 Å². The van der Waals surface area contributed by atoms with Gasteiger partial charge in [0.25, 0.3) is 0 Å². The van der Waals surface area contributed by atoms with E-state index < -0.39 is 0 Å². The average molecular weight is 338 g/mol. The molecule has 4 rings (SSSR count). The Morgan fingerprint density at radius 3 is 3.00 bits per heavy atom. The monoisotopic (exact) mass is 338 g/mol. The number of aryl methyl sites for hydroxylation is 1. The summed E-state index contributed by atoms with van der Waals surface area (Å²) in [5, 5.41) is 12.7. The normalized spacial score (nSPS) is 18.5. The Hall–Kier alpha value is -2.54.